The number of nitrogens with zero attached hydrogens (tertiary/aromatic N) is 3. The Morgan fingerprint density at radius 1 is 1.02 bits per heavy atom. The molecule has 1 saturated heterocycles. The molecule has 4 rings (SSSR count). The van der Waals surface area contributed by atoms with Gasteiger partial charge in [0.1, 0.15) is 5.75 Å². The minimum Gasteiger partial charge on any atom is -0.406 e. The molecule has 0 atom stereocenters. The summed E-state index contributed by atoms with van der Waals surface area (Å²) in [5.74, 6) is 0.229. The molecule has 210 valence electrons. The lowest BCUT2D eigenvalue weighted by molar-refractivity contribution is -0.274. The van der Waals surface area contributed by atoms with Gasteiger partial charge in [-0.3, -0.25) is 9.69 Å². The molecule has 1 amide bonds. The number of rotatable bonds is 10. The van der Waals surface area contributed by atoms with Crippen LogP contribution in [0.4, 0.5) is 13.2 Å². The Kier molecular flexibility index (Phi) is 9.72. The van der Waals surface area contributed by atoms with Crippen molar-refractivity contribution >= 4 is 18.0 Å². The predicted octanol–water partition coefficient (Wildman–Crippen LogP) is 7.03. The third-order valence-electron chi connectivity index (χ3n) is 7.30. The second-order valence-corrected chi connectivity index (χ2v) is 10.7. The number of carbonyl (C=O) groups excluding carboxylic acids is 1. The molecule has 0 unspecified atom stereocenters. The molecule has 0 aliphatic carbocycles. The van der Waals surface area contributed by atoms with Crippen LogP contribution in [0.1, 0.15) is 46.2 Å². The topological polar surface area (TPSA) is 56.6 Å². The molecular weight excluding hydrogens is 539 g/mol. The van der Waals surface area contributed by atoms with Crippen molar-refractivity contribution in [2.24, 2.45) is 5.92 Å². The maximum atomic E-state index is 12.4. The Balaban J connectivity index is 1.33. The molecule has 3 aromatic carbocycles. The first-order chi connectivity index (χ1) is 19.1. The van der Waals surface area contributed by atoms with Crippen LogP contribution in [0.25, 0.3) is 0 Å². The first-order valence-electron chi connectivity index (χ1n) is 13.1. The zero-order chi connectivity index (χ0) is 28.7. The van der Waals surface area contributed by atoms with E-state index in [2.05, 4.69) is 21.8 Å². The summed E-state index contributed by atoms with van der Waals surface area (Å²) in [5.41, 5.74) is 5.56. The van der Waals surface area contributed by atoms with Gasteiger partial charge < -0.3 is 9.64 Å². The van der Waals surface area contributed by atoms with Crippen molar-refractivity contribution in [3.63, 3.8) is 0 Å². The molecule has 3 aromatic rings. The van der Waals surface area contributed by atoms with Crippen molar-refractivity contribution in [2.75, 3.05) is 13.1 Å². The number of nitriles is 1. The van der Waals surface area contributed by atoms with Crippen molar-refractivity contribution in [3.8, 4) is 11.8 Å². The average molecular weight is 570 g/mol. The van der Waals surface area contributed by atoms with Crippen molar-refractivity contribution in [1.82, 2.24) is 9.80 Å². The Morgan fingerprint density at radius 3 is 2.27 bits per heavy atom. The van der Waals surface area contributed by atoms with Crippen LogP contribution in [-0.2, 0) is 30.8 Å². The van der Waals surface area contributed by atoms with E-state index in [1.165, 1.54) is 29.8 Å². The Labute approximate surface area is 237 Å². The van der Waals surface area contributed by atoms with Gasteiger partial charge in [-0.1, -0.05) is 41.9 Å². The van der Waals surface area contributed by atoms with Crippen molar-refractivity contribution in [3.05, 3.63) is 99.1 Å². The third-order valence-corrected chi connectivity index (χ3v) is 7.69. The molecule has 5 nitrogen and oxygen atoms in total. The SMILES string of the molecule is Cc1c(Cl)cc(CC2CCN(Cc3ccc(C#N)cc3)CC2)cc1CN(C=O)Cc1ccc(OC(F)(F)F)cc1. The standard InChI is InChI=1S/C31H31ClF3N3O2/c1-22-28(20-38(21-39)19-26-6-8-29(9-7-26)40-31(33,34)35)15-27(16-30(22)32)14-23-10-12-37(13-11-23)18-25-4-2-24(17-36)3-5-25/h2-9,15-16,21,23H,10-14,18-20H2,1H3. The third kappa shape index (κ3) is 8.48. The fourth-order valence-corrected chi connectivity index (χ4v) is 5.35. The number of hydrogen-bond donors (Lipinski definition) is 0. The fraction of sp³-hybridized carbons (Fsp3) is 0.355. The minimum atomic E-state index is -4.75. The number of halogens is 4. The van der Waals surface area contributed by atoms with Gasteiger partial charge in [0.2, 0.25) is 6.41 Å². The maximum Gasteiger partial charge on any atom is 0.573 e. The molecule has 0 radical (unpaired) electrons. The van der Waals surface area contributed by atoms with Crippen LogP contribution in [0.2, 0.25) is 5.02 Å². The molecule has 9 heteroatoms. The molecule has 1 heterocycles. The van der Waals surface area contributed by atoms with E-state index in [9.17, 15) is 18.0 Å². The first kappa shape index (κ1) is 29.4. The minimum absolute atomic E-state index is 0.245. The quantitative estimate of drug-likeness (QED) is 0.246. The normalized spacial score (nSPS) is 14.5. The zero-order valence-electron chi connectivity index (χ0n) is 22.3. The molecular formula is C31H31ClF3N3O2. The van der Waals surface area contributed by atoms with E-state index in [-0.39, 0.29) is 12.3 Å². The molecule has 40 heavy (non-hydrogen) atoms. The summed E-state index contributed by atoms with van der Waals surface area (Å²) >= 11 is 6.59. The first-order valence-corrected chi connectivity index (χ1v) is 13.5. The summed E-state index contributed by atoms with van der Waals surface area (Å²) in [6, 6.07) is 19.5. The number of amides is 1. The van der Waals surface area contributed by atoms with Crippen LogP contribution in [0.3, 0.4) is 0 Å². The zero-order valence-corrected chi connectivity index (χ0v) is 23.0. The summed E-state index contributed by atoms with van der Waals surface area (Å²) in [4.78, 5) is 15.9. The van der Waals surface area contributed by atoms with Gasteiger partial charge in [0.15, 0.2) is 0 Å². The van der Waals surface area contributed by atoms with Gasteiger partial charge in [0.25, 0.3) is 0 Å². The van der Waals surface area contributed by atoms with E-state index in [4.69, 9.17) is 16.9 Å². The van der Waals surface area contributed by atoms with E-state index in [0.29, 0.717) is 28.6 Å². The fourth-order valence-electron chi connectivity index (χ4n) is 5.09. The van der Waals surface area contributed by atoms with Crippen LogP contribution in [0.15, 0.2) is 60.7 Å². The number of hydrogen-bond acceptors (Lipinski definition) is 4. The summed E-state index contributed by atoms with van der Waals surface area (Å²) in [6.07, 6.45) is -0.957. The van der Waals surface area contributed by atoms with Crippen LogP contribution in [0, 0.1) is 24.2 Å². The summed E-state index contributed by atoms with van der Waals surface area (Å²) in [6.45, 7) is 5.39. The summed E-state index contributed by atoms with van der Waals surface area (Å²) < 4.78 is 41.2. The van der Waals surface area contributed by atoms with Gasteiger partial charge in [-0.15, -0.1) is 13.2 Å². The smallest absolute Gasteiger partial charge is 0.406 e. The molecule has 0 spiro atoms. The highest BCUT2D eigenvalue weighted by Gasteiger charge is 2.31. The van der Waals surface area contributed by atoms with E-state index < -0.39 is 6.36 Å². The van der Waals surface area contributed by atoms with Gasteiger partial charge in [0, 0.05) is 24.7 Å². The van der Waals surface area contributed by atoms with E-state index in [1.807, 2.05) is 37.3 Å². The number of benzene rings is 3. The molecule has 0 saturated carbocycles. The van der Waals surface area contributed by atoms with Crippen molar-refractivity contribution in [2.45, 2.75) is 52.2 Å². The highest BCUT2D eigenvalue weighted by Crippen LogP contribution is 2.29. The van der Waals surface area contributed by atoms with Crippen molar-refractivity contribution < 1.29 is 22.7 Å². The Hall–Kier alpha value is -3.54. The van der Waals surface area contributed by atoms with E-state index in [0.717, 1.165) is 62.0 Å². The lowest BCUT2D eigenvalue weighted by Gasteiger charge is -2.32. The number of alkyl halides is 3. The van der Waals surface area contributed by atoms with Gasteiger partial charge in [0.05, 0.1) is 11.6 Å². The number of piperidine rings is 1. The second-order valence-electron chi connectivity index (χ2n) is 10.3. The maximum absolute atomic E-state index is 12.4. The second kappa shape index (κ2) is 13.2. The van der Waals surface area contributed by atoms with Crippen LogP contribution in [-0.4, -0.2) is 35.7 Å². The van der Waals surface area contributed by atoms with Crippen molar-refractivity contribution in [1.29, 1.82) is 5.26 Å². The van der Waals surface area contributed by atoms with Gasteiger partial charge in [-0.25, -0.2) is 0 Å². The summed E-state index contributed by atoms with van der Waals surface area (Å²) in [5, 5.41) is 9.64. The summed E-state index contributed by atoms with van der Waals surface area (Å²) in [7, 11) is 0. The Morgan fingerprint density at radius 2 is 1.68 bits per heavy atom. The monoisotopic (exact) mass is 569 g/mol. The lowest BCUT2D eigenvalue weighted by atomic mass is 9.89. The van der Waals surface area contributed by atoms with E-state index >= 15 is 0 Å². The van der Waals surface area contributed by atoms with E-state index in [1.54, 1.807) is 4.90 Å². The molecule has 0 aromatic heterocycles. The van der Waals surface area contributed by atoms with Crippen LogP contribution in [0.5, 0.6) is 5.75 Å². The molecule has 1 fully saturated rings. The highest BCUT2D eigenvalue weighted by molar-refractivity contribution is 6.31. The predicted molar refractivity (Wildman–Crippen MR) is 147 cm³/mol. The van der Waals surface area contributed by atoms with Gasteiger partial charge >= 0.3 is 6.36 Å². The number of likely N-dealkylation sites (tertiary alicyclic amines) is 1. The molecule has 0 N–H and O–H groups in total. The van der Waals surface area contributed by atoms with Crippen LogP contribution >= 0.6 is 11.6 Å². The number of carbonyl (C=O) groups is 1. The van der Waals surface area contributed by atoms with Crippen LogP contribution < -0.4 is 4.74 Å². The highest BCUT2D eigenvalue weighted by atomic mass is 35.5. The largest absolute Gasteiger partial charge is 0.573 e. The van der Waals surface area contributed by atoms with Gasteiger partial charge in [-0.05, 0) is 103 Å². The number of ether oxygens (including phenoxy) is 1. The lowest BCUT2D eigenvalue weighted by Crippen LogP contribution is -2.33. The average Bonchev–Trinajstić information content (AvgIpc) is 2.92. The van der Waals surface area contributed by atoms with Gasteiger partial charge in [-0.2, -0.15) is 5.26 Å². The molecule has 1 aliphatic heterocycles. The molecule has 0 bridgehead atoms. The molecule has 1 aliphatic rings. The Bertz CT molecular complexity index is 1330.